The number of nitrogens with one attached hydrogen (secondary N) is 2. The number of hydrogen-bond donors (Lipinski definition) is 2. The molecule has 0 spiro atoms. The van der Waals surface area contributed by atoms with Crippen molar-refractivity contribution in [2.45, 2.75) is 6.92 Å². The zero-order chi connectivity index (χ0) is 19.7. The lowest BCUT2D eigenvalue weighted by Gasteiger charge is -2.14. The van der Waals surface area contributed by atoms with Crippen molar-refractivity contribution in [3.05, 3.63) is 94.3 Å². The largest absolute Gasteiger partial charge is 0.341 e. The first-order valence-corrected chi connectivity index (χ1v) is 9.23. The molecule has 0 atom stereocenters. The van der Waals surface area contributed by atoms with E-state index in [0.717, 1.165) is 22.0 Å². The predicted octanol–water partition coefficient (Wildman–Crippen LogP) is 6.26. The van der Waals surface area contributed by atoms with E-state index in [1.54, 1.807) is 24.3 Å². The minimum atomic E-state index is -0.329. The number of halogens is 1. The Morgan fingerprint density at radius 2 is 1.64 bits per heavy atom. The Kier molecular flexibility index (Phi) is 4.75. The molecule has 2 N–H and O–H groups in total. The summed E-state index contributed by atoms with van der Waals surface area (Å²) in [6, 6.07) is 21.0. The van der Waals surface area contributed by atoms with Gasteiger partial charge in [-0.3, -0.25) is 4.79 Å². The molecule has 0 unspecified atom stereocenters. The number of carbonyl (C=O) groups excluding carboxylic acids is 1. The van der Waals surface area contributed by atoms with Crippen molar-refractivity contribution < 1.29 is 9.18 Å². The molecule has 28 heavy (non-hydrogen) atoms. The van der Waals surface area contributed by atoms with E-state index in [2.05, 4.69) is 10.3 Å². The molecule has 0 saturated carbocycles. The van der Waals surface area contributed by atoms with Crippen molar-refractivity contribution in [1.82, 2.24) is 4.98 Å². The number of para-hydroxylation sites is 1. The van der Waals surface area contributed by atoms with Crippen LogP contribution in [0.25, 0.3) is 22.0 Å². The van der Waals surface area contributed by atoms with Crippen LogP contribution in [0.4, 0.5) is 10.2 Å². The van der Waals surface area contributed by atoms with Crippen LogP contribution in [-0.2, 0) is 0 Å². The van der Waals surface area contributed by atoms with Gasteiger partial charge in [-0.1, -0.05) is 60.2 Å². The second kappa shape index (κ2) is 7.37. The Morgan fingerprint density at radius 3 is 2.36 bits per heavy atom. The Morgan fingerprint density at radius 1 is 0.964 bits per heavy atom. The van der Waals surface area contributed by atoms with Crippen molar-refractivity contribution in [1.29, 1.82) is 0 Å². The minimum Gasteiger partial charge on any atom is -0.341 e. The molecule has 3 aromatic carbocycles. The maximum absolute atomic E-state index is 13.4. The van der Waals surface area contributed by atoms with Gasteiger partial charge in [0.1, 0.15) is 11.6 Å². The lowest BCUT2D eigenvalue weighted by Crippen LogP contribution is -2.14. The van der Waals surface area contributed by atoms with E-state index in [9.17, 15) is 9.18 Å². The molecule has 1 amide bonds. The molecule has 5 heteroatoms. The van der Waals surface area contributed by atoms with Gasteiger partial charge in [-0.25, -0.2) is 4.39 Å². The molecule has 0 radical (unpaired) electrons. The second-order valence-corrected chi connectivity index (χ2v) is 6.98. The molecule has 0 bridgehead atoms. The number of anilines is 1. The lowest BCUT2D eigenvalue weighted by atomic mass is 10.0. The number of aryl methyl sites for hydroxylation is 1. The highest BCUT2D eigenvalue weighted by Crippen LogP contribution is 2.32. The van der Waals surface area contributed by atoms with Gasteiger partial charge in [-0.2, -0.15) is 0 Å². The minimum absolute atomic E-state index is 0.246. The number of rotatable bonds is 3. The number of aromatic amines is 1. The average molecular weight is 388 g/mol. The topological polar surface area (TPSA) is 44.9 Å². The fraction of sp³-hybridized carbons (Fsp3) is 0.0435. The number of H-pyrrole nitrogens is 1. The zero-order valence-corrected chi connectivity index (χ0v) is 15.9. The quantitative estimate of drug-likeness (QED) is 0.407. The predicted molar refractivity (Wildman–Crippen MR) is 114 cm³/mol. The highest BCUT2D eigenvalue weighted by molar-refractivity contribution is 7.71. The number of aromatic nitrogens is 1. The van der Waals surface area contributed by atoms with Gasteiger partial charge >= 0.3 is 0 Å². The van der Waals surface area contributed by atoms with Gasteiger partial charge in [-0.15, -0.1) is 0 Å². The van der Waals surface area contributed by atoms with Gasteiger partial charge in [-0.05, 0) is 42.8 Å². The lowest BCUT2D eigenvalue weighted by molar-refractivity contribution is 0.102. The molecule has 0 saturated heterocycles. The van der Waals surface area contributed by atoms with E-state index in [1.807, 2.05) is 43.3 Å². The van der Waals surface area contributed by atoms with Crippen molar-refractivity contribution in [2.75, 3.05) is 5.32 Å². The van der Waals surface area contributed by atoms with Crippen molar-refractivity contribution in [3.8, 4) is 11.1 Å². The van der Waals surface area contributed by atoms with E-state index in [1.165, 1.54) is 12.1 Å². The number of benzene rings is 3. The summed E-state index contributed by atoms with van der Waals surface area (Å²) in [5, 5.41) is 3.80. The number of fused-ring (bicyclic) bond motifs is 1. The molecule has 4 aromatic rings. The smallest absolute Gasteiger partial charge is 0.256 e. The second-order valence-electron chi connectivity index (χ2n) is 6.58. The average Bonchev–Trinajstić information content (AvgIpc) is 2.70. The maximum Gasteiger partial charge on any atom is 0.256 e. The summed E-state index contributed by atoms with van der Waals surface area (Å²) in [6.45, 7) is 1.97. The Bertz CT molecular complexity index is 1230. The first-order valence-electron chi connectivity index (χ1n) is 8.82. The summed E-state index contributed by atoms with van der Waals surface area (Å²) in [4.78, 5) is 16.1. The summed E-state index contributed by atoms with van der Waals surface area (Å²) in [6.07, 6.45) is 0. The van der Waals surface area contributed by atoms with E-state index < -0.39 is 0 Å². The third kappa shape index (κ3) is 3.44. The first-order chi connectivity index (χ1) is 13.5. The summed E-state index contributed by atoms with van der Waals surface area (Å²) in [5.74, 6) is -0.0881. The fourth-order valence-electron chi connectivity index (χ4n) is 3.11. The molecule has 0 fully saturated rings. The highest BCUT2D eigenvalue weighted by atomic mass is 32.1. The first kappa shape index (κ1) is 18.1. The van der Waals surface area contributed by atoms with Crippen LogP contribution in [0.5, 0.6) is 0 Å². The Balaban J connectivity index is 1.87. The molecule has 138 valence electrons. The van der Waals surface area contributed by atoms with Gasteiger partial charge in [0.15, 0.2) is 0 Å². The molecule has 0 aliphatic carbocycles. The molecule has 1 aromatic heterocycles. The van der Waals surface area contributed by atoms with E-state index >= 15 is 0 Å². The molecular weight excluding hydrogens is 371 g/mol. The number of carbonyl (C=O) groups is 1. The molecular formula is C23H17FN2OS. The summed E-state index contributed by atoms with van der Waals surface area (Å²) >= 11 is 5.72. The van der Waals surface area contributed by atoms with Crippen LogP contribution in [0.2, 0.25) is 0 Å². The van der Waals surface area contributed by atoms with E-state index in [0.29, 0.717) is 21.5 Å². The van der Waals surface area contributed by atoms with Crippen molar-refractivity contribution >= 4 is 34.8 Å². The van der Waals surface area contributed by atoms with Crippen molar-refractivity contribution in [3.63, 3.8) is 0 Å². The summed E-state index contributed by atoms with van der Waals surface area (Å²) in [5.41, 5.74) is 3.83. The van der Waals surface area contributed by atoms with Gasteiger partial charge < -0.3 is 10.3 Å². The van der Waals surface area contributed by atoms with Crippen LogP contribution in [0.15, 0.2) is 72.8 Å². The van der Waals surface area contributed by atoms with Crippen LogP contribution in [0.3, 0.4) is 0 Å². The normalized spacial score (nSPS) is 10.8. The molecule has 1 heterocycles. The standard InChI is InChI=1S/C23H17FN2OS/c1-14-6-8-16(9-7-14)23(27)26-22-20(15-10-12-17(24)13-11-15)21(28)18-4-2-3-5-19(18)25-22/h2-13H,1H3,(H2,25,26,27,28). The van der Waals surface area contributed by atoms with Gasteiger partial charge in [0.25, 0.3) is 5.91 Å². The molecule has 3 nitrogen and oxygen atoms in total. The van der Waals surface area contributed by atoms with Gasteiger partial charge in [0.05, 0.1) is 4.51 Å². The number of hydrogen-bond acceptors (Lipinski definition) is 2. The van der Waals surface area contributed by atoms with Gasteiger partial charge in [0.2, 0.25) is 0 Å². The molecule has 4 rings (SSSR count). The van der Waals surface area contributed by atoms with E-state index in [4.69, 9.17) is 12.2 Å². The zero-order valence-electron chi connectivity index (χ0n) is 15.1. The van der Waals surface area contributed by atoms with Crippen LogP contribution in [-0.4, -0.2) is 10.9 Å². The third-order valence-electron chi connectivity index (χ3n) is 4.59. The Hall–Kier alpha value is -3.31. The fourth-order valence-corrected chi connectivity index (χ4v) is 3.51. The van der Waals surface area contributed by atoms with Crippen LogP contribution in [0.1, 0.15) is 15.9 Å². The SMILES string of the molecule is Cc1ccc(C(=O)Nc2[nH]c3ccccc3c(=S)c2-c2ccc(F)cc2)cc1. The van der Waals surface area contributed by atoms with Crippen LogP contribution < -0.4 is 5.32 Å². The third-order valence-corrected chi connectivity index (χ3v) is 5.02. The highest BCUT2D eigenvalue weighted by Gasteiger charge is 2.15. The molecule has 0 aliphatic heterocycles. The Labute approximate surface area is 166 Å². The maximum atomic E-state index is 13.4. The summed E-state index contributed by atoms with van der Waals surface area (Å²) < 4.78 is 14.0. The van der Waals surface area contributed by atoms with Crippen LogP contribution >= 0.6 is 12.2 Å². The van der Waals surface area contributed by atoms with Gasteiger partial charge in [0, 0.05) is 22.0 Å². The number of amides is 1. The monoisotopic (exact) mass is 388 g/mol. The number of pyridine rings is 1. The van der Waals surface area contributed by atoms with E-state index in [-0.39, 0.29) is 11.7 Å². The van der Waals surface area contributed by atoms with Crippen LogP contribution in [0, 0.1) is 17.3 Å². The van der Waals surface area contributed by atoms with Crippen molar-refractivity contribution in [2.24, 2.45) is 0 Å². The molecule has 0 aliphatic rings. The summed E-state index contributed by atoms with van der Waals surface area (Å²) in [7, 11) is 0.